The summed E-state index contributed by atoms with van der Waals surface area (Å²) in [5.74, 6) is -0.227. The van der Waals surface area contributed by atoms with Gasteiger partial charge in [0.2, 0.25) is 0 Å². The molecule has 0 aliphatic carbocycles. The molecular weight excluding hydrogens is 219 g/mol. The average molecular weight is 238 g/mol. The van der Waals surface area contributed by atoms with Gasteiger partial charge >= 0.3 is 0 Å². The van der Waals surface area contributed by atoms with Gasteiger partial charge in [-0.3, -0.25) is 0 Å². The van der Waals surface area contributed by atoms with Gasteiger partial charge < -0.3 is 15.4 Å². The number of hydrogen-bond acceptors (Lipinski definition) is 3. The second-order valence-corrected chi connectivity index (χ2v) is 4.42. The summed E-state index contributed by atoms with van der Waals surface area (Å²) in [6, 6.07) is 4.83. The van der Waals surface area contributed by atoms with Crippen LogP contribution in [0, 0.1) is 5.82 Å². The van der Waals surface area contributed by atoms with Crippen LogP contribution >= 0.6 is 0 Å². The molecule has 94 valence electrons. The van der Waals surface area contributed by atoms with Gasteiger partial charge in [0, 0.05) is 32.4 Å². The number of ether oxygens (including phenoxy) is 1. The fourth-order valence-electron chi connectivity index (χ4n) is 2.38. The molecule has 1 atom stereocenters. The van der Waals surface area contributed by atoms with E-state index in [1.54, 1.807) is 7.11 Å². The highest BCUT2D eigenvalue weighted by Crippen LogP contribution is 2.25. The van der Waals surface area contributed by atoms with Gasteiger partial charge in [-0.1, -0.05) is 0 Å². The van der Waals surface area contributed by atoms with Crippen molar-refractivity contribution in [1.82, 2.24) is 0 Å². The topological polar surface area (TPSA) is 38.5 Å². The van der Waals surface area contributed by atoms with Gasteiger partial charge in [-0.15, -0.1) is 0 Å². The summed E-state index contributed by atoms with van der Waals surface area (Å²) in [6.07, 6.45) is 2.45. The highest BCUT2D eigenvalue weighted by Gasteiger charge is 2.21. The molecular formula is C13H19FN2O. The van der Waals surface area contributed by atoms with Crippen LogP contribution in [0.3, 0.4) is 0 Å². The zero-order chi connectivity index (χ0) is 12.3. The van der Waals surface area contributed by atoms with Crippen molar-refractivity contribution in [2.24, 2.45) is 5.73 Å². The van der Waals surface area contributed by atoms with E-state index in [1.807, 2.05) is 6.07 Å². The van der Waals surface area contributed by atoms with Crippen molar-refractivity contribution >= 4 is 5.69 Å². The number of nitrogens with two attached hydrogens (primary N) is 1. The lowest BCUT2D eigenvalue weighted by Gasteiger charge is -2.34. The van der Waals surface area contributed by atoms with E-state index in [0.717, 1.165) is 37.2 Å². The molecule has 1 aromatic rings. The molecule has 2 N–H and O–H groups in total. The third-order valence-electron chi connectivity index (χ3n) is 3.31. The molecule has 4 heteroatoms. The normalized spacial score (nSPS) is 20.6. The lowest BCUT2D eigenvalue weighted by atomic mass is 10.0. The molecule has 0 saturated carbocycles. The molecule has 2 rings (SSSR count). The van der Waals surface area contributed by atoms with Crippen molar-refractivity contribution in [3.05, 3.63) is 29.6 Å². The number of benzene rings is 1. The Balaban J connectivity index is 2.20. The van der Waals surface area contributed by atoms with Crippen molar-refractivity contribution in [3.63, 3.8) is 0 Å². The van der Waals surface area contributed by atoms with Crippen molar-refractivity contribution in [2.75, 3.05) is 25.1 Å². The van der Waals surface area contributed by atoms with Crippen molar-refractivity contribution < 1.29 is 9.13 Å². The molecule has 0 bridgehead atoms. The van der Waals surface area contributed by atoms with Crippen LogP contribution in [0.15, 0.2) is 18.2 Å². The second-order valence-electron chi connectivity index (χ2n) is 4.42. The third kappa shape index (κ3) is 2.76. The third-order valence-corrected chi connectivity index (χ3v) is 3.31. The number of anilines is 1. The summed E-state index contributed by atoms with van der Waals surface area (Å²) in [7, 11) is 1.74. The highest BCUT2D eigenvalue weighted by molar-refractivity contribution is 5.54. The lowest BCUT2D eigenvalue weighted by molar-refractivity contribution is 0.0893. The first-order valence-electron chi connectivity index (χ1n) is 6.01. The molecule has 1 aromatic carbocycles. The maximum absolute atomic E-state index is 13.1. The Hall–Kier alpha value is -1.13. The number of halogens is 1. The molecule has 1 fully saturated rings. The lowest BCUT2D eigenvalue weighted by Crippen LogP contribution is -2.39. The molecule has 0 spiro atoms. The molecule has 1 aliphatic rings. The van der Waals surface area contributed by atoms with E-state index < -0.39 is 0 Å². The van der Waals surface area contributed by atoms with Crippen LogP contribution in [0.2, 0.25) is 0 Å². The fraction of sp³-hybridized carbons (Fsp3) is 0.538. The molecule has 0 amide bonds. The molecule has 3 nitrogen and oxygen atoms in total. The van der Waals surface area contributed by atoms with Crippen molar-refractivity contribution in [1.29, 1.82) is 0 Å². The van der Waals surface area contributed by atoms with Crippen LogP contribution in [0.25, 0.3) is 0 Å². The van der Waals surface area contributed by atoms with E-state index in [1.165, 1.54) is 12.1 Å². The van der Waals surface area contributed by atoms with Crippen molar-refractivity contribution in [3.8, 4) is 0 Å². The predicted molar refractivity (Wildman–Crippen MR) is 66.5 cm³/mol. The van der Waals surface area contributed by atoms with Crippen LogP contribution in [-0.2, 0) is 11.3 Å². The van der Waals surface area contributed by atoms with Gasteiger partial charge in [0.05, 0.1) is 6.10 Å². The van der Waals surface area contributed by atoms with Gasteiger partial charge in [0.15, 0.2) is 0 Å². The average Bonchev–Trinajstić information content (AvgIpc) is 2.38. The summed E-state index contributed by atoms with van der Waals surface area (Å²) in [5.41, 5.74) is 7.57. The highest BCUT2D eigenvalue weighted by atomic mass is 19.1. The van der Waals surface area contributed by atoms with Gasteiger partial charge in [-0.2, -0.15) is 0 Å². The maximum Gasteiger partial charge on any atom is 0.123 e. The quantitative estimate of drug-likeness (QED) is 0.874. The van der Waals surface area contributed by atoms with Crippen LogP contribution in [0.5, 0.6) is 0 Å². The largest absolute Gasteiger partial charge is 0.380 e. The number of hydrogen-bond donors (Lipinski definition) is 1. The minimum absolute atomic E-state index is 0.227. The summed E-state index contributed by atoms with van der Waals surface area (Å²) in [5, 5.41) is 0. The summed E-state index contributed by atoms with van der Waals surface area (Å²) >= 11 is 0. The van der Waals surface area contributed by atoms with Crippen molar-refractivity contribution in [2.45, 2.75) is 25.5 Å². The zero-order valence-corrected chi connectivity index (χ0v) is 10.2. The van der Waals surface area contributed by atoms with Crippen LogP contribution < -0.4 is 10.6 Å². The minimum Gasteiger partial charge on any atom is -0.380 e. The Labute approximate surface area is 101 Å². The van der Waals surface area contributed by atoms with E-state index in [4.69, 9.17) is 10.5 Å². The van der Waals surface area contributed by atoms with E-state index in [0.29, 0.717) is 6.54 Å². The zero-order valence-electron chi connectivity index (χ0n) is 10.2. The summed E-state index contributed by atoms with van der Waals surface area (Å²) in [6.45, 7) is 2.20. The molecule has 0 radical (unpaired) electrons. The Kier molecular flexibility index (Phi) is 3.97. The Bertz CT molecular complexity index is 384. The monoisotopic (exact) mass is 238 g/mol. The smallest absolute Gasteiger partial charge is 0.123 e. The van der Waals surface area contributed by atoms with E-state index in [2.05, 4.69) is 4.90 Å². The Morgan fingerprint density at radius 1 is 1.53 bits per heavy atom. The predicted octanol–water partition coefficient (Wildman–Crippen LogP) is 1.90. The second kappa shape index (κ2) is 5.47. The maximum atomic E-state index is 13.1. The fourth-order valence-corrected chi connectivity index (χ4v) is 2.38. The Morgan fingerprint density at radius 3 is 3.06 bits per heavy atom. The first-order chi connectivity index (χ1) is 8.24. The standard InChI is InChI=1S/C13H19FN2O/c1-17-12-3-2-6-16(9-12)13-5-4-11(14)7-10(13)8-15/h4-5,7,12H,2-3,6,8-9,15H2,1H3. The van der Waals surface area contributed by atoms with E-state index >= 15 is 0 Å². The summed E-state index contributed by atoms with van der Waals surface area (Å²) < 4.78 is 18.5. The van der Waals surface area contributed by atoms with Gasteiger partial charge in [0.1, 0.15) is 5.82 Å². The molecule has 1 aliphatic heterocycles. The van der Waals surface area contributed by atoms with Crippen LogP contribution in [0.4, 0.5) is 10.1 Å². The first-order valence-corrected chi connectivity index (χ1v) is 6.01. The van der Waals surface area contributed by atoms with Gasteiger partial charge in [-0.25, -0.2) is 4.39 Å². The number of piperidine rings is 1. The SMILES string of the molecule is COC1CCCN(c2ccc(F)cc2CN)C1. The molecule has 1 saturated heterocycles. The minimum atomic E-state index is -0.227. The van der Waals surface area contributed by atoms with Gasteiger partial charge in [-0.05, 0) is 36.6 Å². The molecule has 1 heterocycles. The Morgan fingerprint density at radius 2 is 2.35 bits per heavy atom. The number of rotatable bonds is 3. The van der Waals surface area contributed by atoms with E-state index in [9.17, 15) is 4.39 Å². The molecule has 0 aromatic heterocycles. The number of methoxy groups -OCH3 is 1. The molecule has 1 unspecified atom stereocenters. The van der Waals surface area contributed by atoms with Crippen LogP contribution in [0.1, 0.15) is 18.4 Å². The summed E-state index contributed by atoms with van der Waals surface area (Å²) in [4.78, 5) is 2.24. The van der Waals surface area contributed by atoms with Gasteiger partial charge in [0.25, 0.3) is 0 Å². The first kappa shape index (κ1) is 12.3. The molecule has 17 heavy (non-hydrogen) atoms. The van der Waals surface area contributed by atoms with Crippen LogP contribution in [-0.4, -0.2) is 26.3 Å². The van der Waals surface area contributed by atoms with E-state index in [-0.39, 0.29) is 11.9 Å². The number of nitrogens with zero attached hydrogens (tertiary/aromatic N) is 1.